The molecule has 0 nitrogen and oxygen atoms in total. The van der Waals surface area contributed by atoms with Gasteiger partial charge in [0.1, 0.15) is 0 Å². The van der Waals surface area contributed by atoms with Crippen molar-refractivity contribution >= 4 is 86.3 Å². The van der Waals surface area contributed by atoms with Gasteiger partial charge in [-0.15, -0.1) is 0 Å². The van der Waals surface area contributed by atoms with E-state index in [1.165, 1.54) is 0 Å². The van der Waals surface area contributed by atoms with Gasteiger partial charge in [0.15, 0.2) is 0 Å². The molecule has 0 unspecified atom stereocenters. The molecule has 0 N–H and O–H groups in total. The third kappa shape index (κ3) is 8.97. The molecule has 0 aliphatic heterocycles. The summed E-state index contributed by atoms with van der Waals surface area (Å²) in [7, 11) is 0. The van der Waals surface area contributed by atoms with Gasteiger partial charge in [0, 0.05) is 89.9 Å². The van der Waals surface area contributed by atoms with E-state index in [1.54, 1.807) is 0 Å². The summed E-state index contributed by atoms with van der Waals surface area (Å²) in [6.07, 6.45) is 0. The van der Waals surface area contributed by atoms with Gasteiger partial charge in [-0.25, -0.2) is 0 Å². The molecular weight excluding hydrogens is 352 g/mol. The maximum atomic E-state index is 0. The summed E-state index contributed by atoms with van der Waals surface area (Å²) in [4.78, 5) is 0. The quantitative estimate of drug-likeness (QED) is 0.508. The molecule has 0 saturated carbocycles. The van der Waals surface area contributed by atoms with Crippen LogP contribution in [-0.2, 0) is 17.1 Å². The zero-order chi connectivity index (χ0) is 0. The molecule has 0 atom stereocenters. The summed E-state index contributed by atoms with van der Waals surface area (Å²) in [5.41, 5.74) is 0. The molecule has 4 heavy (non-hydrogen) atoms. The van der Waals surface area contributed by atoms with E-state index in [0.717, 1.165) is 0 Å². The van der Waals surface area contributed by atoms with E-state index in [9.17, 15) is 0 Å². The fourth-order valence-electron chi connectivity index (χ4n) is 0. The summed E-state index contributed by atoms with van der Waals surface area (Å²) in [6, 6.07) is 0. The van der Waals surface area contributed by atoms with Crippen molar-refractivity contribution in [3.05, 3.63) is 0 Å². The summed E-state index contributed by atoms with van der Waals surface area (Å²) in [6.45, 7) is 0. The molecule has 0 fully saturated rings. The van der Waals surface area contributed by atoms with Crippen LogP contribution >= 0.6 is 13.5 Å². The second-order valence-corrected chi connectivity index (χ2v) is 0. The Morgan fingerprint density at radius 3 is 1.00 bits per heavy atom. The van der Waals surface area contributed by atoms with Crippen LogP contribution in [0.2, 0.25) is 0 Å². The SMILES string of the molecule is S.[Ba].[Cu].[Sn]. The molecule has 0 spiro atoms. The van der Waals surface area contributed by atoms with Crippen molar-refractivity contribution in [3.8, 4) is 0 Å². The molecule has 0 aromatic rings. The van der Waals surface area contributed by atoms with Gasteiger partial charge in [-0.3, -0.25) is 0 Å². The number of rotatable bonds is 0. The standard InChI is InChI=1S/Ba.Cu.H2S.Sn/h;;1H2;. The maximum Gasteiger partial charge on any atom is 0 e. The van der Waals surface area contributed by atoms with Crippen molar-refractivity contribution in [1.29, 1.82) is 0 Å². The zero-order valence-corrected chi connectivity index (χ0v) is 11.2. The average Bonchev–Trinajstić information content (AvgIpc) is 0. The molecule has 0 aliphatic carbocycles. The molecule has 0 bridgehead atoms. The minimum Gasteiger partial charge on any atom is -0.197 e. The van der Waals surface area contributed by atoms with E-state index in [1.807, 2.05) is 0 Å². The van der Waals surface area contributed by atoms with Crippen LogP contribution in [-0.4, -0.2) is 72.8 Å². The molecule has 7 radical (unpaired) electrons. The van der Waals surface area contributed by atoms with E-state index in [2.05, 4.69) is 0 Å². The van der Waals surface area contributed by atoms with Gasteiger partial charge in [0.2, 0.25) is 0 Å². The summed E-state index contributed by atoms with van der Waals surface area (Å²) >= 11 is 0. The molecule has 25 valence electrons. The smallest absolute Gasteiger partial charge is 0 e. The summed E-state index contributed by atoms with van der Waals surface area (Å²) in [5, 5.41) is 0. The minimum absolute atomic E-state index is 0. The molecule has 0 rings (SSSR count). The van der Waals surface area contributed by atoms with E-state index in [4.69, 9.17) is 0 Å². The fraction of sp³-hybridized carbons (Fsp3) is 0. The first-order chi connectivity index (χ1) is 0. The topological polar surface area (TPSA) is 0 Å². The van der Waals surface area contributed by atoms with Gasteiger partial charge < -0.3 is 0 Å². The third-order valence-electron chi connectivity index (χ3n) is 0. The van der Waals surface area contributed by atoms with Crippen LogP contribution in [0.15, 0.2) is 0 Å². The van der Waals surface area contributed by atoms with Gasteiger partial charge in [-0.2, -0.15) is 13.5 Å². The maximum absolute atomic E-state index is 0. The van der Waals surface area contributed by atoms with Gasteiger partial charge in [-0.05, 0) is 0 Å². The van der Waals surface area contributed by atoms with E-state index < -0.39 is 0 Å². The van der Waals surface area contributed by atoms with Crippen LogP contribution in [0.1, 0.15) is 0 Å². The molecule has 0 heterocycles. The monoisotopic (exact) mass is 355 g/mol. The molecule has 0 amide bonds. The Morgan fingerprint density at radius 2 is 1.00 bits per heavy atom. The number of hydrogen-bond acceptors (Lipinski definition) is 0. The second kappa shape index (κ2) is 16.3. The molecule has 4 heteroatoms. The first kappa shape index (κ1) is 26.9. The van der Waals surface area contributed by atoms with Crippen molar-refractivity contribution in [2.24, 2.45) is 0 Å². The average molecular weight is 354 g/mol. The van der Waals surface area contributed by atoms with Crippen molar-refractivity contribution < 1.29 is 17.1 Å². The Morgan fingerprint density at radius 1 is 1.00 bits per heavy atom. The molecule has 0 aromatic carbocycles. The predicted molar refractivity (Wildman–Crippen MR) is 21.9 cm³/mol. The Bertz CT molecular complexity index is 8.00. The molecular formula is H2BaCuSSn. The molecule has 0 aliphatic rings. The van der Waals surface area contributed by atoms with Gasteiger partial charge in [0.25, 0.3) is 0 Å². The first-order valence-electron chi connectivity index (χ1n) is 0. The van der Waals surface area contributed by atoms with E-state index in [0.29, 0.717) is 0 Å². The largest absolute Gasteiger partial charge is 0.197 e. The second-order valence-electron chi connectivity index (χ2n) is 0. The number of hydrogen-bond donors (Lipinski definition) is 0. The fourth-order valence-corrected chi connectivity index (χ4v) is 0. The van der Waals surface area contributed by atoms with Crippen LogP contribution in [0.25, 0.3) is 0 Å². The minimum atomic E-state index is 0. The zero-order valence-electron chi connectivity index (χ0n) is 2.01. The Balaban J connectivity index is 0. The normalized spacial score (nSPS) is 0. The molecule has 0 saturated heterocycles. The van der Waals surface area contributed by atoms with E-state index in [-0.39, 0.29) is 103 Å². The van der Waals surface area contributed by atoms with Crippen molar-refractivity contribution in [3.63, 3.8) is 0 Å². The van der Waals surface area contributed by atoms with Crippen LogP contribution in [0.4, 0.5) is 0 Å². The van der Waals surface area contributed by atoms with Gasteiger partial charge in [0.05, 0.1) is 0 Å². The summed E-state index contributed by atoms with van der Waals surface area (Å²) < 4.78 is 0. The van der Waals surface area contributed by atoms with E-state index >= 15 is 0 Å². The van der Waals surface area contributed by atoms with Crippen LogP contribution in [0, 0.1) is 0 Å². The van der Waals surface area contributed by atoms with Crippen molar-refractivity contribution in [2.45, 2.75) is 0 Å². The third-order valence-corrected chi connectivity index (χ3v) is 0. The van der Waals surface area contributed by atoms with Crippen LogP contribution in [0.3, 0.4) is 0 Å². The Labute approximate surface area is 101 Å². The summed E-state index contributed by atoms with van der Waals surface area (Å²) in [5.74, 6) is 0. The van der Waals surface area contributed by atoms with Crippen molar-refractivity contribution in [2.75, 3.05) is 0 Å². The van der Waals surface area contributed by atoms with Crippen LogP contribution in [0.5, 0.6) is 0 Å². The predicted octanol–water partition coefficient (Wildman–Crippen LogP) is -0.651. The van der Waals surface area contributed by atoms with Gasteiger partial charge in [-0.1, -0.05) is 0 Å². The molecule has 0 aromatic heterocycles. The van der Waals surface area contributed by atoms with Crippen LogP contribution < -0.4 is 0 Å². The van der Waals surface area contributed by atoms with Gasteiger partial charge >= 0.3 is 0 Å². The van der Waals surface area contributed by atoms with Crippen molar-refractivity contribution in [1.82, 2.24) is 0 Å². The Hall–Kier alpha value is 3.24. The first-order valence-corrected chi connectivity index (χ1v) is 0. The Kier molecular flexibility index (Phi) is 110.